The monoisotopic (exact) mass is 240 g/mol. The number of hydrogen-bond donors (Lipinski definition) is 0. The van der Waals surface area contributed by atoms with Gasteiger partial charge in [-0.1, -0.05) is 23.7 Å². The van der Waals surface area contributed by atoms with E-state index < -0.39 is 18.4 Å². The second-order valence-electron chi connectivity index (χ2n) is 3.49. The molecule has 1 aliphatic rings. The van der Waals surface area contributed by atoms with Crippen LogP contribution in [-0.4, -0.2) is 18.0 Å². The first-order valence-corrected chi connectivity index (χ1v) is 5.09. The van der Waals surface area contributed by atoms with Crippen LogP contribution in [0.25, 0.3) is 0 Å². The third kappa shape index (κ3) is 2.02. The topological polar surface area (TPSA) is 52.6 Å². The number of hydrogen-bond acceptors (Lipinski definition) is 4. The average Bonchev–Trinajstić information content (AvgIpc) is 2.61. The Morgan fingerprint density at radius 3 is 2.44 bits per heavy atom. The lowest BCUT2D eigenvalue weighted by molar-refractivity contribution is -0.125. The largest absolute Gasteiger partial charge is 0.509 e. The fourth-order valence-corrected chi connectivity index (χ4v) is 1.68. The molecule has 1 saturated heterocycles. The molecule has 0 amide bonds. The van der Waals surface area contributed by atoms with E-state index in [1.807, 2.05) is 0 Å². The number of benzene rings is 1. The van der Waals surface area contributed by atoms with E-state index in [1.54, 1.807) is 24.3 Å². The summed E-state index contributed by atoms with van der Waals surface area (Å²) in [6, 6.07) is 6.73. The van der Waals surface area contributed by atoms with Crippen LogP contribution < -0.4 is 0 Å². The van der Waals surface area contributed by atoms with Crippen molar-refractivity contribution in [2.75, 3.05) is 0 Å². The van der Waals surface area contributed by atoms with E-state index in [0.29, 0.717) is 10.6 Å². The van der Waals surface area contributed by atoms with Gasteiger partial charge in [0.05, 0.1) is 0 Å². The van der Waals surface area contributed by atoms with Crippen molar-refractivity contribution in [1.82, 2.24) is 0 Å². The van der Waals surface area contributed by atoms with Gasteiger partial charge in [-0.25, -0.2) is 4.79 Å². The second-order valence-corrected chi connectivity index (χ2v) is 3.93. The maximum Gasteiger partial charge on any atom is 0.509 e. The normalized spacial score (nSPS) is 23.8. The molecule has 1 aliphatic heterocycles. The highest BCUT2D eigenvalue weighted by atomic mass is 35.5. The molecule has 84 valence electrons. The van der Waals surface area contributed by atoms with E-state index in [2.05, 4.69) is 0 Å². The smallest absolute Gasteiger partial charge is 0.422 e. The van der Waals surface area contributed by atoms with Gasteiger partial charge < -0.3 is 9.47 Å². The zero-order chi connectivity index (χ0) is 11.7. The van der Waals surface area contributed by atoms with Gasteiger partial charge in [-0.3, -0.25) is 4.79 Å². The first-order chi connectivity index (χ1) is 7.58. The summed E-state index contributed by atoms with van der Waals surface area (Å²) in [5.41, 5.74) is 0.690. The van der Waals surface area contributed by atoms with Crippen LogP contribution in [0, 0.1) is 0 Å². The Kier molecular flexibility index (Phi) is 2.83. The van der Waals surface area contributed by atoms with Crippen LogP contribution in [0.4, 0.5) is 4.79 Å². The summed E-state index contributed by atoms with van der Waals surface area (Å²) < 4.78 is 9.71. The zero-order valence-corrected chi connectivity index (χ0v) is 9.23. The van der Waals surface area contributed by atoms with Crippen LogP contribution in [0.5, 0.6) is 0 Å². The maximum absolute atomic E-state index is 11.3. The molecule has 1 fully saturated rings. The number of Topliss-reactive ketones (excluding diaryl/α,β-unsaturated/α-hetero) is 1. The lowest BCUT2D eigenvalue weighted by atomic mass is 10.0. The number of rotatable bonds is 2. The van der Waals surface area contributed by atoms with Gasteiger partial charge in [0.1, 0.15) is 0 Å². The Hall–Kier alpha value is -1.55. The molecule has 0 bridgehead atoms. The van der Waals surface area contributed by atoms with Crippen LogP contribution in [0.3, 0.4) is 0 Å². The van der Waals surface area contributed by atoms with Crippen molar-refractivity contribution < 1.29 is 19.1 Å². The van der Waals surface area contributed by atoms with Crippen molar-refractivity contribution in [2.45, 2.75) is 19.1 Å². The molecular formula is C11H9ClO4. The van der Waals surface area contributed by atoms with Crippen molar-refractivity contribution in [3.05, 3.63) is 34.9 Å². The summed E-state index contributed by atoms with van der Waals surface area (Å²) in [5, 5.41) is 0.577. The van der Waals surface area contributed by atoms with Gasteiger partial charge >= 0.3 is 6.16 Å². The summed E-state index contributed by atoms with van der Waals surface area (Å²) in [6.07, 6.45) is -2.36. The fraction of sp³-hybridized carbons (Fsp3) is 0.273. The second kappa shape index (κ2) is 4.14. The number of cyclic esters (lactones) is 2. The van der Waals surface area contributed by atoms with Crippen molar-refractivity contribution in [3.63, 3.8) is 0 Å². The molecule has 16 heavy (non-hydrogen) atoms. The van der Waals surface area contributed by atoms with E-state index in [4.69, 9.17) is 21.1 Å². The highest BCUT2D eigenvalue weighted by molar-refractivity contribution is 6.30. The molecule has 0 radical (unpaired) electrons. The van der Waals surface area contributed by atoms with Gasteiger partial charge in [0.15, 0.2) is 11.9 Å². The van der Waals surface area contributed by atoms with E-state index in [1.165, 1.54) is 6.92 Å². The Balaban J connectivity index is 2.28. The van der Waals surface area contributed by atoms with Crippen LogP contribution in [0.2, 0.25) is 5.02 Å². The fourth-order valence-electron chi connectivity index (χ4n) is 1.55. The van der Waals surface area contributed by atoms with Crippen LogP contribution in [0.1, 0.15) is 18.6 Å². The highest BCUT2D eigenvalue weighted by Gasteiger charge is 2.40. The molecule has 2 atom stereocenters. The number of ketones is 1. The number of carbonyl (C=O) groups is 2. The van der Waals surface area contributed by atoms with E-state index >= 15 is 0 Å². The summed E-state index contributed by atoms with van der Waals surface area (Å²) in [4.78, 5) is 22.2. The Bertz CT molecular complexity index is 426. The van der Waals surface area contributed by atoms with Gasteiger partial charge in [-0.15, -0.1) is 0 Å². The minimum absolute atomic E-state index is 0.245. The van der Waals surface area contributed by atoms with Crippen LogP contribution in [0.15, 0.2) is 24.3 Å². The number of carbonyl (C=O) groups excluding carboxylic acids is 2. The molecule has 5 heteroatoms. The molecule has 4 nitrogen and oxygen atoms in total. The van der Waals surface area contributed by atoms with E-state index in [0.717, 1.165) is 0 Å². The van der Waals surface area contributed by atoms with E-state index in [-0.39, 0.29) is 5.78 Å². The molecule has 0 aromatic heterocycles. The molecular weight excluding hydrogens is 232 g/mol. The Labute approximate surface area is 97.1 Å². The molecule has 0 spiro atoms. The molecule has 1 aromatic rings. The Morgan fingerprint density at radius 2 is 1.88 bits per heavy atom. The predicted octanol–water partition coefficient (Wildman–Crippen LogP) is 2.51. The first kappa shape index (κ1) is 11.0. The highest BCUT2D eigenvalue weighted by Crippen LogP contribution is 2.31. The SMILES string of the molecule is CC(=O)[C@@H]1OC(=O)O[C@@H]1c1ccc(Cl)cc1. The van der Waals surface area contributed by atoms with Crippen molar-refractivity contribution in [2.24, 2.45) is 0 Å². The van der Waals surface area contributed by atoms with Crippen molar-refractivity contribution in [3.8, 4) is 0 Å². The third-order valence-corrected chi connectivity index (χ3v) is 2.57. The molecule has 0 saturated carbocycles. The van der Waals surface area contributed by atoms with Gasteiger partial charge in [0.25, 0.3) is 0 Å². The summed E-state index contributed by atoms with van der Waals surface area (Å²) in [7, 11) is 0. The lowest BCUT2D eigenvalue weighted by Gasteiger charge is -2.12. The van der Waals surface area contributed by atoms with E-state index in [9.17, 15) is 9.59 Å². The number of ether oxygens (including phenoxy) is 2. The average molecular weight is 241 g/mol. The summed E-state index contributed by atoms with van der Waals surface area (Å²) in [6.45, 7) is 1.36. The minimum Gasteiger partial charge on any atom is -0.422 e. The molecule has 0 N–H and O–H groups in total. The molecule has 0 aliphatic carbocycles. The third-order valence-electron chi connectivity index (χ3n) is 2.32. The zero-order valence-electron chi connectivity index (χ0n) is 8.48. The van der Waals surface area contributed by atoms with Crippen LogP contribution in [-0.2, 0) is 14.3 Å². The summed E-state index contributed by atoms with van der Waals surface area (Å²) in [5.74, 6) is -0.245. The van der Waals surface area contributed by atoms with Gasteiger partial charge in [0, 0.05) is 5.02 Å². The Morgan fingerprint density at radius 1 is 1.25 bits per heavy atom. The molecule has 2 rings (SSSR count). The number of halogens is 1. The van der Waals surface area contributed by atoms with Gasteiger partial charge in [0.2, 0.25) is 6.10 Å². The van der Waals surface area contributed by atoms with Crippen molar-refractivity contribution >= 4 is 23.5 Å². The first-order valence-electron chi connectivity index (χ1n) is 4.71. The maximum atomic E-state index is 11.3. The summed E-state index contributed by atoms with van der Waals surface area (Å²) >= 11 is 5.74. The lowest BCUT2D eigenvalue weighted by Crippen LogP contribution is -2.23. The molecule has 1 aromatic carbocycles. The predicted molar refractivity (Wildman–Crippen MR) is 56.2 cm³/mol. The van der Waals surface area contributed by atoms with Crippen LogP contribution >= 0.6 is 11.6 Å². The molecule has 0 unspecified atom stereocenters. The van der Waals surface area contributed by atoms with Crippen molar-refractivity contribution in [1.29, 1.82) is 0 Å². The molecule has 1 heterocycles. The van der Waals surface area contributed by atoms with Gasteiger partial charge in [-0.05, 0) is 24.6 Å². The minimum atomic E-state index is -0.867. The van der Waals surface area contributed by atoms with Gasteiger partial charge in [-0.2, -0.15) is 0 Å². The quantitative estimate of drug-likeness (QED) is 0.746. The standard InChI is InChI=1S/C11H9ClO4/c1-6(13)9-10(16-11(14)15-9)7-2-4-8(12)5-3-7/h2-5,9-10H,1H3/t9-,10+/m0/s1.